The molecule has 0 spiro atoms. The highest BCUT2D eigenvalue weighted by Crippen LogP contribution is 2.34. The summed E-state index contributed by atoms with van der Waals surface area (Å²) in [5, 5.41) is 4.67. The molecule has 6 nitrogen and oxygen atoms in total. The van der Waals surface area contributed by atoms with Crippen molar-refractivity contribution in [1.82, 2.24) is 19.7 Å². The predicted octanol–water partition coefficient (Wildman–Crippen LogP) is 4.53. The van der Waals surface area contributed by atoms with Crippen LogP contribution in [0.5, 0.6) is 5.75 Å². The molecule has 0 unspecified atom stereocenters. The third kappa shape index (κ3) is 3.59. The Hall–Kier alpha value is -3.06. The fraction of sp³-hybridized carbons (Fsp3) is 0.150. The maximum Gasteiger partial charge on any atom is 0.237 e. The number of methoxy groups -OCH3 is 1. The van der Waals surface area contributed by atoms with Gasteiger partial charge in [-0.05, 0) is 19.1 Å². The summed E-state index contributed by atoms with van der Waals surface area (Å²) in [7, 11) is 1.67. The number of aromatic nitrogens is 4. The summed E-state index contributed by atoms with van der Waals surface area (Å²) < 4.78 is 12.9. The van der Waals surface area contributed by atoms with E-state index in [0.29, 0.717) is 17.5 Å². The van der Waals surface area contributed by atoms with Gasteiger partial charge in [-0.3, -0.25) is 4.57 Å². The highest BCUT2D eigenvalue weighted by atomic mass is 32.2. The molecule has 0 N–H and O–H groups in total. The zero-order valence-electron chi connectivity index (χ0n) is 15.0. The van der Waals surface area contributed by atoms with Gasteiger partial charge in [-0.25, -0.2) is 4.98 Å². The minimum absolute atomic E-state index is 0.543. The molecule has 2 heterocycles. The molecule has 27 heavy (non-hydrogen) atoms. The number of ether oxygens (including phenoxy) is 1. The van der Waals surface area contributed by atoms with Gasteiger partial charge in [-0.2, -0.15) is 4.98 Å². The van der Waals surface area contributed by atoms with Crippen LogP contribution in [-0.4, -0.2) is 26.8 Å². The van der Waals surface area contributed by atoms with Crippen LogP contribution in [0.1, 0.15) is 11.7 Å². The van der Waals surface area contributed by atoms with Crippen LogP contribution in [0.15, 0.2) is 70.5 Å². The Balaban J connectivity index is 1.78. The zero-order valence-corrected chi connectivity index (χ0v) is 15.8. The van der Waals surface area contributed by atoms with Crippen LogP contribution < -0.4 is 4.74 Å². The standard InChI is InChI=1S/C20H18N4O2S/c1-14-22-19(26-23-14)13-27-20-21-12-17(15-8-4-3-5-9-15)24(20)16-10-6-7-11-18(16)25-2/h3-12H,13H2,1-2H3. The van der Waals surface area contributed by atoms with Gasteiger partial charge >= 0.3 is 0 Å². The number of nitrogens with zero attached hydrogens (tertiary/aromatic N) is 4. The van der Waals surface area contributed by atoms with E-state index in [1.165, 1.54) is 0 Å². The zero-order chi connectivity index (χ0) is 18.6. The summed E-state index contributed by atoms with van der Waals surface area (Å²) in [6.45, 7) is 1.81. The molecule has 0 amide bonds. The number of hydrogen-bond donors (Lipinski definition) is 0. The molecule has 0 saturated heterocycles. The molecule has 0 bridgehead atoms. The molecule has 0 atom stereocenters. The Kier molecular flexibility index (Phi) is 4.93. The molecule has 0 aliphatic rings. The van der Waals surface area contributed by atoms with Crippen LogP contribution in [-0.2, 0) is 5.75 Å². The lowest BCUT2D eigenvalue weighted by molar-refractivity contribution is 0.387. The first-order valence-corrected chi connectivity index (χ1v) is 9.43. The van der Waals surface area contributed by atoms with Crippen molar-refractivity contribution in [1.29, 1.82) is 0 Å². The highest BCUT2D eigenvalue weighted by Gasteiger charge is 2.18. The molecule has 0 aliphatic carbocycles. The fourth-order valence-electron chi connectivity index (χ4n) is 2.82. The smallest absolute Gasteiger partial charge is 0.237 e. The minimum atomic E-state index is 0.543. The number of hydrogen-bond acceptors (Lipinski definition) is 6. The quantitative estimate of drug-likeness (QED) is 0.459. The summed E-state index contributed by atoms with van der Waals surface area (Å²) in [6.07, 6.45) is 1.88. The maximum absolute atomic E-state index is 5.58. The summed E-state index contributed by atoms with van der Waals surface area (Å²) in [4.78, 5) is 8.91. The molecule has 0 fully saturated rings. The van der Waals surface area contributed by atoms with Gasteiger partial charge in [0.15, 0.2) is 11.0 Å². The second-order valence-corrected chi connectivity index (χ2v) is 6.77. The van der Waals surface area contributed by atoms with Gasteiger partial charge in [-0.15, -0.1) is 0 Å². The van der Waals surface area contributed by atoms with E-state index in [0.717, 1.165) is 27.9 Å². The number of imidazole rings is 1. The maximum atomic E-state index is 5.58. The number of aryl methyl sites for hydroxylation is 1. The molecule has 0 aliphatic heterocycles. The van der Waals surface area contributed by atoms with Gasteiger partial charge in [0.1, 0.15) is 5.75 Å². The number of thioether (sulfide) groups is 1. The molecule has 0 saturated carbocycles. The van der Waals surface area contributed by atoms with Crippen molar-refractivity contribution in [3.63, 3.8) is 0 Å². The monoisotopic (exact) mass is 378 g/mol. The van der Waals surface area contributed by atoms with Crippen molar-refractivity contribution in [2.45, 2.75) is 17.8 Å². The summed E-state index contributed by atoms with van der Waals surface area (Å²) >= 11 is 1.54. The lowest BCUT2D eigenvalue weighted by Gasteiger charge is -2.15. The topological polar surface area (TPSA) is 66.0 Å². The first kappa shape index (κ1) is 17.4. The number of benzene rings is 2. The highest BCUT2D eigenvalue weighted by molar-refractivity contribution is 7.98. The molecule has 7 heteroatoms. The first-order chi connectivity index (χ1) is 13.3. The van der Waals surface area contributed by atoms with Crippen LogP contribution in [0.3, 0.4) is 0 Å². The largest absolute Gasteiger partial charge is 0.495 e. The molecule has 2 aromatic heterocycles. The Morgan fingerprint density at radius 1 is 1.07 bits per heavy atom. The predicted molar refractivity (Wildman–Crippen MR) is 104 cm³/mol. The van der Waals surface area contributed by atoms with Gasteiger partial charge < -0.3 is 9.26 Å². The van der Waals surface area contributed by atoms with Crippen molar-refractivity contribution in [2.75, 3.05) is 7.11 Å². The van der Waals surface area contributed by atoms with Gasteiger partial charge in [0.2, 0.25) is 5.89 Å². The van der Waals surface area contributed by atoms with Crippen molar-refractivity contribution < 1.29 is 9.26 Å². The van der Waals surface area contributed by atoms with Gasteiger partial charge in [0.25, 0.3) is 0 Å². The lowest BCUT2D eigenvalue weighted by atomic mass is 10.1. The molecule has 136 valence electrons. The summed E-state index contributed by atoms with van der Waals surface area (Å²) in [6, 6.07) is 18.1. The third-order valence-corrected chi connectivity index (χ3v) is 4.96. The molecule has 4 rings (SSSR count). The Morgan fingerprint density at radius 3 is 2.59 bits per heavy atom. The molecule has 4 aromatic rings. The van der Waals surface area contributed by atoms with Crippen LogP contribution in [0, 0.1) is 6.92 Å². The van der Waals surface area contributed by atoms with Gasteiger partial charge in [0.05, 0.1) is 30.4 Å². The number of rotatable bonds is 6. The summed E-state index contributed by atoms with van der Waals surface area (Å²) in [5.41, 5.74) is 3.00. The van der Waals surface area contributed by atoms with Crippen molar-refractivity contribution in [3.8, 4) is 22.7 Å². The Bertz CT molecular complexity index is 1040. The van der Waals surface area contributed by atoms with Crippen LogP contribution in [0.4, 0.5) is 0 Å². The Morgan fingerprint density at radius 2 is 1.85 bits per heavy atom. The van der Waals surface area contributed by atoms with Gasteiger partial charge in [-0.1, -0.05) is 59.4 Å². The minimum Gasteiger partial charge on any atom is -0.495 e. The number of para-hydroxylation sites is 2. The molecule has 0 radical (unpaired) electrons. The second kappa shape index (κ2) is 7.67. The normalized spacial score (nSPS) is 10.9. The van der Waals surface area contributed by atoms with E-state index >= 15 is 0 Å². The molecular weight excluding hydrogens is 360 g/mol. The van der Waals surface area contributed by atoms with Crippen LogP contribution in [0.2, 0.25) is 0 Å². The van der Waals surface area contributed by atoms with Crippen LogP contribution >= 0.6 is 11.8 Å². The van der Waals surface area contributed by atoms with Crippen molar-refractivity contribution >= 4 is 11.8 Å². The lowest BCUT2D eigenvalue weighted by Crippen LogP contribution is -2.02. The second-order valence-electron chi connectivity index (χ2n) is 5.82. The van der Waals surface area contributed by atoms with E-state index in [1.54, 1.807) is 25.8 Å². The van der Waals surface area contributed by atoms with Crippen molar-refractivity contribution in [3.05, 3.63) is 72.5 Å². The van der Waals surface area contributed by atoms with Gasteiger partial charge in [0, 0.05) is 5.56 Å². The first-order valence-electron chi connectivity index (χ1n) is 8.45. The fourth-order valence-corrected chi connectivity index (χ4v) is 3.64. The Labute approximate surface area is 161 Å². The van der Waals surface area contributed by atoms with E-state index in [-0.39, 0.29) is 0 Å². The third-order valence-electron chi connectivity index (χ3n) is 4.02. The average Bonchev–Trinajstić information content (AvgIpc) is 3.33. The van der Waals surface area contributed by atoms with Crippen LogP contribution in [0.25, 0.3) is 16.9 Å². The summed E-state index contributed by atoms with van der Waals surface area (Å²) in [5.74, 6) is 2.53. The molecular formula is C20H18N4O2S. The molecule has 2 aromatic carbocycles. The SMILES string of the molecule is COc1ccccc1-n1c(-c2ccccc2)cnc1SCc1nc(C)no1. The van der Waals surface area contributed by atoms with E-state index in [9.17, 15) is 0 Å². The van der Waals surface area contributed by atoms with E-state index in [2.05, 4.69) is 31.8 Å². The van der Waals surface area contributed by atoms with E-state index < -0.39 is 0 Å². The van der Waals surface area contributed by atoms with E-state index in [4.69, 9.17) is 9.26 Å². The van der Waals surface area contributed by atoms with Crippen molar-refractivity contribution in [2.24, 2.45) is 0 Å². The average molecular weight is 378 g/mol. The van der Waals surface area contributed by atoms with E-state index in [1.807, 2.05) is 48.7 Å².